The summed E-state index contributed by atoms with van der Waals surface area (Å²) >= 11 is 0. The average molecular weight is 249 g/mol. The fourth-order valence-corrected chi connectivity index (χ4v) is 1.41. The Bertz CT molecular complexity index is 581. The molecule has 18 heavy (non-hydrogen) atoms. The zero-order valence-corrected chi connectivity index (χ0v) is 9.78. The molecule has 0 saturated heterocycles. The number of carboxylic acid groups (broad SMARTS) is 1. The topological polar surface area (TPSA) is 102 Å². The molecule has 2 aromatic rings. The van der Waals surface area contributed by atoms with E-state index in [1.165, 1.54) is 17.9 Å². The van der Waals surface area contributed by atoms with Crippen molar-refractivity contribution >= 4 is 17.6 Å². The van der Waals surface area contributed by atoms with E-state index >= 15 is 0 Å². The Hall–Kier alpha value is -2.64. The van der Waals surface area contributed by atoms with Gasteiger partial charge in [0, 0.05) is 18.8 Å². The third-order valence-corrected chi connectivity index (χ3v) is 2.31. The van der Waals surface area contributed by atoms with Crippen LogP contribution in [0.3, 0.4) is 0 Å². The SMILES string of the molecule is COc1cc(Nc2nnnn2C)ccc1C(=O)O. The quantitative estimate of drug-likeness (QED) is 0.820. The molecule has 0 fully saturated rings. The van der Waals surface area contributed by atoms with Crippen LogP contribution in [-0.4, -0.2) is 38.4 Å². The highest BCUT2D eigenvalue weighted by molar-refractivity contribution is 5.91. The molecule has 8 nitrogen and oxygen atoms in total. The predicted octanol–water partition coefficient (Wildman–Crippen LogP) is 0.660. The second-order valence-corrected chi connectivity index (χ2v) is 3.47. The Balaban J connectivity index is 2.30. The molecule has 0 aliphatic heterocycles. The molecule has 1 aromatic carbocycles. The number of aryl methyl sites for hydroxylation is 1. The van der Waals surface area contributed by atoms with E-state index in [2.05, 4.69) is 20.8 Å². The van der Waals surface area contributed by atoms with E-state index in [1.807, 2.05) is 0 Å². The van der Waals surface area contributed by atoms with Crippen LogP contribution in [0, 0.1) is 0 Å². The lowest BCUT2D eigenvalue weighted by Crippen LogP contribution is -2.03. The van der Waals surface area contributed by atoms with Gasteiger partial charge in [0.05, 0.1) is 7.11 Å². The second-order valence-electron chi connectivity index (χ2n) is 3.47. The Labute approximate surface area is 102 Å². The minimum Gasteiger partial charge on any atom is -0.496 e. The van der Waals surface area contributed by atoms with Crippen LogP contribution in [0.25, 0.3) is 0 Å². The highest BCUT2D eigenvalue weighted by Gasteiger charge is 2.12. The maximum Gasteiger partial charge on any atom is 0.339 e. The van der Waals surface area contributed by atoms with Crippen molar-refractivity contribution in [1.29, 1.82) is 0 Å². The molecule has 0 spiro atoms. The van der Waals surface area contributed by atoms with Crippen LogP contribution in [0.5, 0.6) is 5.75 Å². The van der Waals surface area contributed by atoms with E-state index < -0.39 is 5.97 Å². The molecule has 0 aliphatic carbocycles. The van der Waals surface area contributed by atoms with Gasteiger partial charge < -0.3 is 15.2 Å². The summed E-state index contributed by atoms with van der Waals surface area (Å²) < 4.78 is 6.47. The Morgan fingerprint density at radius 2 is 2.28 bits per heavy atom. The first kappa shape index (κ1) is 11.8. The first-order valence-electron chi connectivity index (χ1n) is 5.02. The average Bonchev–Trinajstić information content (AvgIpc) is 2.74. The molecule has 0 bridgehead atoms. The number of anilines is 2. The number of carboxylic acids is 1. The number of carbonyl (C=O) groups is 1. The van der Waals surface area contributed by atoms with Gasteiger partial charge in [-0.1, -0.05) is 5.10 Å². The van der Waals surface area contributed by atoms with E-state index in [0.29, 0.717) is 11.6 Å². The zero-order chi connectivity index (χ0) is 13.1. The predicted molar refractivity (Wildman–Crippen MR) is 62.0 cm³/mol. The molecular formula is C10H11N5O3. The monoisotopic (exact) mass is 249 g/mol. The molecule has 8 heteroatoms. The van der Waals surface area contributed by atoms with Gasteiger partial charge in [0.25, 0.3) is 0 Å². The number of tetrazole rings is 1. The van der Waals surface area contributed by atoms with Gasteiger partial charge in [0.1, 0.15) is 11.3 Å². The number of nitrogens with one attached hydrogen (secondary N) is 1. The van der Waals surface area contributed by atoms with Crippen LogP contribution in [-0.2, 0) is 7.05 Å². The second kappa shape index (κ2) is 4.70. The number of hydrogen-bond acceptors (Lipinski definition) is 6. The number of methoxy groups -OCH3 is 1. The minimum absolute atomic E-state index is 0.0964. The number of aromatic nitrogens is 4. The van der Waals surface area contributed by atoms with Crippen LogP contribution < -0.4 is 10.1 Å². The molecule has 1 heterocycles. The van der Waals surface area contributed by atoms with Crippen molar-refractivity contribution in [3.63, 3.8) is 0 Å². The Morgan fingerprint density at radius 3 is 2.83 bits per heavy atom. The third kappa shape index (κ3) is 2.21. The van der Waals surface area contributed by atoms with Crippen molar-refractivity contribution in [1.82, 2.24) is 20.2 Å². The summed E-state index contributed by atoms with van der Waals surface area (Å²) in [6, 6.07) is 4.63. The fraction of sp³-hybridized carbons (Fsp3) is 0.200. The van der Waals surface area contributed by atoms with E-state index in [-0.39, 0.29) is 11.3 Å². The van der Waals surface area contributed by atoms with Gasteiger partial charge in [-0.2, -0.15) is 0 Å². The van der Waals surface area contributed by atoms with Gasteiger partial charge in [-0.05, 0) is 22.6 Å². The van der Waals surface area contributed by atoms with Crippen molar-refractivity contribution < 1.29 is 14.6 Å². The lowest BCUT2D eigenvalue weighted by atomic mass is 10.2. The van der Waals surface area contributed by atoms with E-state index in [4.69, 9.17) is 9.84 Å². The Kier molecular flexibility index (Phi) is 3.09. The minimum atomic E-state index is -1.04. The number of benzene rings is 1. The van der Waals surface area contributed by atoms with Gasteiger partial charge in [0.2, 0.25) is 5.95 Å². The molecule has 0 atom stereocenters. The largest absolute Gasteiger partial charge is 0.496 e. The molecule has 2 N–H and O–H groups in total. The molecule has 0 aliphatic rings. The van der Waals surface area contributed by atoms with Gasteiger partial charge in [0.15, 0.2) is 0 Å². The lowest BCUT2D eigenvalue weighted by molar-refractivity contribution is 0.0693. The first-order chi connectivity index (χ1) is 8.61. The fourth-order valence-electron chi connectivity index (χ4n) is 1.41. The molecule has 0 amide bonds. The van der Waals surface area contributed by atoms with Crippen molar-refractivity contribution in [2.24, 2.45) is 7.05 Å². The standard InChI is InChI=1S/C10H11N5O3/c1-15-10(12-13-14-15)11-6-3-4-7(9(16)17)8(5-6)18-2/h3-5H,1-2H3,(H,16,17)(H,11,12,14). The third-order valence-electron chi connectivity index (χ3n) is 2.31. The van der Waals surface area contributed by atoms with Crippen molar-refractivity contribution in [3.8, 4) is 5.75 Å². The lowest BCUT2D eigenvalue weighted by Gasteiger charge is -2.08. The van der Waals surface area contributed by atoms with Gasteiger partial charge in [-0.25, -0.2) is 9.48 Å². The molecule has 0 unspecified atom stereocenters. The number of hydrogen-bond donors (Lipinski definition) is 2. The van der Waals surface area contributed by atoms with Crippen molar-refractivity contribution in [3.05, 3.63) is 23.8 Å². The van der Waals surface area contributed by atoms with E-state index in [1.54, 1.807) is 19.2 Å². The van der Waals surface area contributed by atoms with Crippen molar-refractivity contribution in [2.45, 2.75) is 0 Å². The number of rotatable bonds is 4. The Morgan fingerprint density at radius 1 is 1.50 bits per heavy atom. The summed E-state index contributed by atoms with van der Waals surface area (Å²) in [5.41, 5.74) is 0.730. The summed E-state index contributed by atoms with van der Waals surface area (Å²) in [4.78, 5) is 10.9. The van der Waals surface area contributed by atoms with E-state index in [9.17, 15) is 4.79 Å². The van der Waals surface area contributed by atoms with Gasteiger partial charge >= 0.3 is 5.97 Å². The highest BCUT2D eigenvalue weighted by atomic mass is 16.5. The van der Waals surface area contributed by atoms with Gasteiger partial charge in [-0.3, -0.25) is 0 Å². The zero-order valence-electron chi connectivity index (χ0n) is 9.78. The van der Waals surface area contributed by atoms with Crippen LogP contribution in [0.15, 0.2) is 18.2 Å². The highest BCUT2D eigenvalue weighted by Crippen LogP contribution is 2.24. The summed E-state index contributed by atoms with van der Waals surface area (Å²) in [6.45, 7) is 0. The van der Waals surface area contributed by atoms with Crippen molar-refractivity contribution in [2.75, 3.05) is 12.4 Å². The molecule has 94 valence electrons. The molecule has 1 aromatic heterocycles. The first-order valence-corrected chi connectivity index (χ1v) is 5.02. The van der Waals surface area contributed by atoms with Crippen LogP contribution in [0.2, 0.25) is 0 Å². The maximum atomic E-state index is 10.9. The number of ether oxygens (including phenoxy) is 1. The maximum absolute atomic E-state index is 10.9. The molecule has 0 radical (unpaired) electrons. The molecule has 0 saturated carbocycles. The van der Waals surface area contributed by atoms with Crippen LogP contribution in [0.1, 0.15) is 10.4 Å². The molecular weight excluding hydrogens is 238 g/mol. The van der Waals surface area contributed by atoms with Gasteiger partial charge in [-0.15, -0.1) is 0 Å². The van der Waals surface area contributed by atoms with Crippen LogP contribution >= 0.6 is 0 Å². The van der Waals surface area contributed by atoms with E-state index in [0.717, 1.165) is 0 Å². The number of nitrogens with zero attached hydrogens (tertiary/aromatic N) is 4. The smallest absolute Gasteiger partial charge is 0.339 e. The summed E-state index contributed by atoms with van der Waals surface area (Å²) in [5, 5.41) is 22.8. The normalized spacial score (nSPS) is 10.1. The summed E-state index contributed by atoms with van der Waals surface area (Å²) in [7, 11) is 3.10. The van der Waals surface area contributed by atoms with Crippen LogP contribution in [0.4, 0.5) is 11.6 Å². The molecule has 2 rings (SSSR count). The summed E-state index contributed by atoms with van der Waals surface area (Å²) in [6.07, 6.45) is 0. The summed E-state index contributed by atoms with van der Waals surface area (Å²) in [5.74, 6) is -0.332. The number of aromatic carboxylic acids is 1.